The molecule has 0 aromatic heterocycles. The highest BCUT2D eigenvalue weighted by atomic mass is 16.1. The van der Waals surface area contributed by atoms with Gasteiger partial charge in [-0.1, -0.05) is 0 Å². The minimum atomic E-state index is 0.579. The Morgan fingerprint density at radius 2 is 2.06 bits per heavy atom. The van der Waals surface area contributed by atoms with E-state index in [0.717, 1.165) is 18.4 Å². The lowest BCUT2D eigenvalue weighted by Crippen LogP contribution is -2.45. The number of hydrogen-bond acceptors (Lipinski definition) is 3. The molecular weight excluding hydrogens is 212 g/mol. The Morgan fingerprint density at radius 3 is 2.65 bits per heavy atom. The van der Waals surface area contributed by atoms with Crippen molar-refractivity contribution in [1.82, 2.24) is 4.90 Å². The molecule has 3 nitrogen and oxygen atoms in total. The van der Waals surface area contributed by atoms with Gasteiger partial charge in [0.2, 0.25) is 0 Å². The van der Waals surface area contributed by atoms with E-state index in [1.165, 1.54) is 25.1 Å². The smallest absolute Gasteiger partial charge is 0.150 e. The quantitative estimate of drug-likeness (QED) is 0.745. The molecule has 1 aromatic carbocycles. The minimum absolute atomic E-state index is 0.579. The Kier molecular flexibility index (Phi) is 3.79. The van der Waals surface area contributed by atoms with Crippen LogP contribution in [-0.2, 0) is 0 Å². The van der Waals surface area contributed by atoms with E-state index in [1.54, 1.807) is 0 Å². The average molecular weight is 232 g/mol. The molecule has 3 heteroatoms. The number of benzene rings is 1. The molecule has 1 aliphatic rings. The van der Waals surface area contributed by atoms with E-state index in [0.29, 0.717) is 6.04 Å². The summed E-state index contributed by atoms with van der Waals surface area (Å²) in [4.78, 5) is 15.3. The summed E-state index contributed by atoms with van der Waals surface area (Å²) in [5.74, 6) is 0. The van der Waals surface area contributed by atoms with Crippen molar-refractivity contribution >= 4 is 12.0 Å². The SMILES string of the molecule is CN1CCCC(N(C)c2ccc(C=O)cc2)C1. The van der Waals surface area contributed by atoms with E-state index in [4.69, 9.17) is 0 Å². The van der Waals surface area contributed by atoms with Crippen LogP contribution in [0.1, 0.15) is 23.2 Å². The van der Waals surface area contributed by atoms with Gasteiger partial charge in [-0.15, -0.1) is 0 Å². The van der Waals surface area contributed by atoms with Gasteiger partial charge >= 0.3 is 0 Å². The molecule has 92 valence electrons. The molecule has 1 fully saturated rings. The van der Waals surface area contributed by atoms with Crippen LogP contribution in [0.3, 0.4) is 0 Å². The monoisotopic (exact) mass is 232 g/mol. The average Bonchev–Trinajstić information content (AvgIpc) is 2.38. The van der Waals surface area contributed by atoms with Crippen molar-refractivity contribution in [3.8, 4) is 0 Å². The van der Waals surface area contributed by atoms with Crippen LogP contribution in [0.25, 0.3) is 0 Å². The predicted molar refractivity (Wildman–Crippen MR) is 70.8 cm³/mol. The maximum atomic E-state index is 10.6. The summed E-state index contributed by atoms with van der Waals surface area (Å²) in [5, 5.41) is 0. The van der Waals surface area contributed by atoms with Gasteiger partial charge in [-0.3, -0.25) is 4.79 Å². The van der Waals surface area contributed by atoms with Gasteiger partial charge in [0.15, 0.2) is 0 Å². The zero-order valence-electron chi connectivity index (χ0n) is 10.6. The van der Waals surface area contributed by atoms with Crippen LogP contribution in [0.5, 0.6) is 0 Å². The number of likely N-dealkylation sites (tertiary alicyclic amines) is 1. The van der Waals surface area contributed by atoms with Crippen LogP contribution >= 0.6 is 0 Å². The maximum absolute atomic E-state index is 10.6. The molecule has 0 aliphatic carbocycles. The number of piperidine rings is 1. The third-order valence-electron chi connectivity index (χ3n) is 3.58. The number of rotatable bonds is 3. The predicted octanol–water partition coefficient (Wildman–Crippen LogP) is 2.03. The first-order valence-corrected chi connectivity index (χ1v) is 6.17. The number of aldehydes is 1. The largest absolute Gasteiger partial charge is 0.370 e. The third kappa shape index (κ3) is 2.86. The number of carbonyl (C=O) groups excluding carboxylic acids is 1. The van der Waals surface area contributed by atoms with E-state index in [1.807, 2.05) is 24.3 Å². The fourth-order valence-electron chi connectivity index (χ4n) is 2.45. The highest BCUT2D eigenvalue weighted by Gasteiger charge is 2.21. The van der Waals surface area contributed by atoms with Gasteiger partial charge in [-0.05, 0) is 50.7 Å². The van der Waals surface area contributed by atoms with Crippen molar-refractivity contribution in [2.45, 2.75) is 18.9 Å². The fourth-order valence-corrected chi connectivity index (χ4v) is 2.45. The maximum Gasteiger partial charge on any atom is 0.150 e. The molecule has 1 heterocycles. The van der Waals surface area contributed by atoms with Gasteiger partial charge in [-0.2, -0.15) is 0 Å². The van der Waals surface area contributed by atoms with Crippen LogP contribution in [-0.4, -0.2) is 44.4 Å². The molecule has 0 saturated carbocycles. The lowest BCUT2D eigenvalue weighted by atomic mass is 10.0. The molecule has 1 unspecified atom stereocenters. The molecule has 1 saturated heterocycles. The standard InChI is InChI=1S/C14H20N2O/c1-15-9-3-4-14(10-15)16(2)13-7-5-12(11-17)6-8-13/h5-8,11,14H,3-4,9-10H2,1-2H3. The van der Waals surface area contributed by atoms with Crippen molar-refractivity contribution in [2.24, 2.45) is 0 Å². The lowest BCUT2D eigenvalue weighted by molar-refractivity contribution is 0.112. The van der Waals surface area contributed by atoms with Crippen molar-refractivity contribution in [3.05, 3.63) is 29.8 Å². The summed E-state index contributed by atoms with van der Waals surface area (Å²) >= 11 is 0. The zero-order valence-corrected chi connectivity index (χ0v) is 10.6. The highest BCUT2D eigenvalue weighted by molar-refractivity contribution is 5.75. The Balaban J connectivity index is 2.07. The van der Waals surface area contributed by atoms with Crippen molar-refractivity contribution in [3.63, 3.8) is 0 Å². The summed E-state index contributed by atoms with van der Waals surface area (Å²) in [6.07, 6.45) is 3.40. The van der Waals surface area contributed by atoms with Gasteiger partial charge in [0.05, 0.1) is 0 Å². The highest BCUT2D eigenvalue weighted by Crippen LogP contribution is 2.21. The first kappa shape index (κ1) is 12.1. The number of likely N-dealkylation sites (N-methyl/N-ethyl adjacent to an activating group) is 2. The minimum Gasteiger partial charge on any atom is -0.370 e. The molecule has 1 aliphatic heterocycles. The van der Waals surface area contributed by atoms with E-state index in [-0.39, 0.29) is 0 Å². The normalized spacial score (nSPS) is 21.2. The van der Waals surface area contributed by atoms with Crippen molar-refractivity contribution in [2.75, 3.05) is 32.1 Å². The van der Waals surface area contributed by atoms with Gasteiger partial charge < -0.3 is 9.80 Å². The van der Waals surface area contributed by atoms with Crippen LogP contribution in [0.4, 0.5) is 5.69 Å². The fraction of sp³-hybridized carbons (Fsp3) is 0.500. The number of carbonyl (C=O) groups is 1. The van der Waals surface area contributed by atoms with Crippen LogP contribution in [0.2, 0.25) is 0 Å². The Bertz CT molecular complexity index is 374. The van der Waals surface area contributed by atoms with E-state index >= 15 is 0 Å². The van der Waals surface area contributed by atoms with E-state index in [2.05, 4.69) is 23.9 Å². The zero-order chi connectivity index (χ0) is 12.3. The number of anilines is 1. The molecule has 1 atom stereocenters. The Hall–Kier alpha value is -1.35. The number of nitrogens with zero attached hydrogens (tertiary/aromatic N) is 2. The molecule has 0 spiro atoms. The second kappa shape index (κ2) is 5.32. The first-order valence-electron chi connectivity index (χ1n) is 6.17. The molecule has 2 rings (SSSR count). The molecule has 1 aromatic rings. The molecule has 17 heavy (non-hydrogen) atoms. The summed E-state index contributed by atoms with van der Waals surface area (Å²) in [6, 6.07) is 8.39. The Morgan fingerprint density at radius 1 is 1.35 bits per heavy atom. The van der Waals surface area contributed by atoms with Crippen molar-refractivity contribution in [1.29, 1.82) is 0 Å². The third-order valence-corrected chi connectivity index (χ3v) is 3.58. The molecule has 0 amide bonds. The summed E-state index contributed by atoms with van der Waals surface area (Å²) in [5.41, 5.74) is 1.93. The van der Waals surface area contributed by atoms with E-state index in [9.17, 15) is 4.79 Å². The molecular formula is C14H20N2O. The van der Waals surface area contributed by atoms with Gasteiger partial charge in [0.1, 0.15) is 6.29 Å². The summed E-state index contributed by atoms with van der Waals surface area (Å²) in [7, 11) is 4.31. The van der Waals surface area contributed by atoms with Crippen molar-refractivity contribution < 1.29 is 4.79 Å². The number of hydrogen-bond donors (Lipinski definition) is 0. The van der Waals surface area contributed by atoms with Gasteiger partial charge in [-0.25, -0.2) is 0 Å². The second-order valence-corrected chi connectivity index (χ2v) is 4.88. The first-order chi connectivity index (χ1) is 8.20. The van der Waals surface area contributed by atoms with Gasteiger partial charge in [0, 0.05) is 30.9 Å². The van der Waals surface area contributed by atoms with Crippen LogP contribution < -0.4 is 4.90 Å². The topological polar surface area (TPSA) is 23.6 Å². The molecule has 0 bridgehead atoms. The second-order valence-electron chi connectivity index (χ2n) is 4.88. The molecule has 0 radical (unpaired) electrons. The Labute approximate surface area is 103 Å². The molecule has 0 N–H and O–H groups in total. The summed E-state index contributed by atoms with van der Waals surface area (Å²) in [6.45, 7) is 2.32. The van der Waals surface area contributed by atoms with Gasteiger partial charge in [0.25, 0.3) is 0 Å². The van der Waals surface area contributed by atoms with Crippen LogP contribution in [0.15, 0.2) is 24.3 Å². The van der Waals surface area contributed by atoms with Crippen LogP contribution in [0, 0.1) is 0 Å². The summed E-state index contributed by atoms with van der Waals surface area (Å²) < 4.78 is 0. The van der Waals surface area contributed by atoms with E-state index < -0.39 is 0 Å². The lowest BCUT2D eigenvalue weighted by Gasteiger charge is -2.37.